The van der Waals surface area contributed by atoms with Crippen molar-refractivity contribution in [1.82, 2.24) is 19.3 Å². The molecule has 0 saturated carbocycles. The van der Waals surface area contributed by atoms with Crippen LogP contribution in [0.15, 0.2) is 29.7 Å². The number of halogens is 1. The number of hydrogen-bond acceptors (Lipinski definition) is 4. The maximum atomic E-state index is 11.9. The topological polar surface area (TPSA) is 64.7 Å². The molecule has 0 aliphatic carbocycles. The second kappa shape index (κ2) is 5.88. The van der Waals surface area contributed by atoms with E-state index in [9.17, 15) is 4.79 Å². The summed E-state index contributed by atoms with van der Waals surface area (Å²) in [5, 5.41) is 7.37. The van der Waals surface area contributed by atoms with E-state index in [4.69, 9.17) is 11.6 Å². The molecule has 102 valence electrons. The van der Waals surface area contributed by atoms with Gasteiger partial charge in [-0.25, -0.2) is 9.67 Å². The zero-order chi connectivity index (χ0) is 13.8. The lowest BCUT2D eigenvalue weighted by molar-refractivity contribution is 0.503. The van der Waals surface area contributed by atoms with Crippen molar-refractivity contribution in [2.45, 2.75) is 26.4 Å². The van der Waals surface area contributed by atoms with Crippen LogP contribution in [-0.4, -0.2) is 25.9 Å². The third kappa shape index (κ3) is 3.14. The Labute approximate surface area is 116 Å². The van der Waals surface area contributed by atoms with Gasteiger partial charge >= 0.3 is 0 Å². The van der Waals surface area contributed by atoms with Crippen LogP contribution in [0.25, 0.3) is 0 Å². The molecule has 0 aromatic carbocycles. The van der Waals surface area contributed by atoms with Crippen LogP contribution in [0.3, 0.4) is 0 Å². The third-order valence-corrected chi connectivity index (χ3v) is 3.04. The Kier molecular flexibility index (Phi) is 4.21. The fourth-order valence-electron chi connectivity index (χ4n) is 1.67. The zero-order valence-electron chi connectivity index (χ0n) is 10.9. The smallest absolute Gasteiger partial charge is 0.287 e. The van der Waals surface area contributed by atoms with Gasteiger partial charge in [0.25, 0.3) is 5.56 Å². The van der Waals surface area contributed by atoms with Crippen molar-refractivity contribution in [3.8, 4) is 0 Å². The molecule has 7 heteroatoms. The Morgan fingerprint density at radius 1 is 1.47 bits per heavy atom. The third-order valence-electron chi connectivity index (χ3n) is 2.68. The second-order valence-corrected chi connectivity index (χ2v) is 4.82. The molecule has 0 bridgehead atoms. The Morgan fingerprint density at radius 2 is 2.26 bits per heavy atom. The van der Waals surface area contributed by atoms with Crippen molar-refractivity contribution in [2.24, 2.45) is 0 Å². The number of nitrogens with one attached hydrogen (secondary N) is 1. The lowest BCUT2D eigenvalue weighted by atomic mass is 10.4. The van der Waals surface area contributed by atoms with Gasteiger partial charge in [-0.15, -0.1) is 0 Å². The van der Waals surface area contributed by atoms with Crippen LogP contribution >= 0.6 is 11.6 Å². The number of nitrogens with zero attached hydrogens (tertiary/aromatic N) is 4. The molecule has 0 amide bonds. The van der Waals surface area contributed by atoms with E-state index in [-0.39, 0.29) is 16.6 Å². The molecule has 0 spiro atoms. The number of anilines is 1. The van der Waals surface area contributed by atoms with Crippen molar-refractivity contribution in [1.29, 1.82) is 0 Å². The molecule has 2 aromatic rings. The summed E-state index contributed by atoms with van der Waals surface area (Å²) >= 11 is 6.05. The van der Waals surface area contributed by atoms with Gasteiger partial charge in [0, 0.05) is 25.5 Å². The van der Waals surface area contributed by atoms with Gasteiger partial charge in [-0.1, -0.05) is 11.6 Å². The van der Waals surface area contributed by atoms with E-state index in [1.807, 2.05) is 24.6 Å². The zero-order valence-corrected chi connectivity index (χ0v) is 11.6. The van der Waals surface area contributed by atoms with E-state index in [0.717, 1.165) is 6.54 Å². The first-order chi connectivity index (χ1) is 9.09. The van der Waals surface area contributed by atoms with E-state index in [1.165, 1.54) is 4.68 Å². The summed E-state index contributed by atoms with van der Waals surface area (Å²) in [6, 6.07) is -0.00926. The van der Waals surface area contributed by atoms with Gasteiger partial charge in [0.05, 0.1) is 24.3 Å². The molecule has 0 radical (unpaired) electrons. The monoisotopic (exact) mass is 281 g/mol. The van der Waals surface area contributed by atoms with Crippen LogP contribution < -0.4 is 10.9 Å². The summed E-state index contributed by atoms with van der Waals surface area (Å²) in [7, 11) is 0. The maximum Gasteiger partial charge on any atom is 0.287 e. The van der Waals surface area contributed by atoms with Crippen LogP contribution in [-0.2, 0) is 6.54 Å². The largest absolute Gasteiger partial charge is 0.381 e. The first-order valence-corrected chi connectivity index (χ1v) is 6.44. The second-order valence-electron chi connectivity index (χ2n) is 4.44. The quantitative estimate of drug-likeness (QED) is 0.907. The molecule has 2 heterocycles. The summed E-state index contributed by atoms with van der Waals surface area (Å²) in [4.78, 5) is 15.9. The van der Waals surface area contributed by atoms with Gasteiger partial charge in [0.1, 0.15) is 5.02 Å². The molecule has 0 fully saturated rings. The molecule has 0 saturated heterocycles. The molecule has 0 aliphatic heterocycles. The Morgan fingerprint density at radius 3 is 2.89 bits per heavy atom. The molecule has 0 atom stereocenters. The molecule has 0 aliphatic rings. The summed E-state index contributed by atoms with van der Waals surface area (Å²) in [6.45, 7) is 5.15. The molecule has 2 aromatic heterocycles. The summed E-state index contributed by atoms with van der Waals surface area (Å²) in [6.07, 6.45) is 6.91. The summed E-state index contributed by atoms with van der Waals surface area (Å²) < 4.78 is 3.30. The van der Waals surface area contributed by atoms with Crippen molar-refractivity contribution in [3.63, 3.8) is 0 Å². The van der Waals surface area contributed by atoms with Gasteiger partial charge < -0.3 is 9.88 Å². The minimum absolute atomic E-state index is 0.00926. The number of aromatic nitrogens is 4. The van der Waals surface area contributed by atoms with Crippen molar-refractivity contribution in [3.05, 3.63) is 40.3 Å². The standard InChI is InChI=1S/C12H16ClN5O/c1-9(2)18-12(19)11(13)10(7-16-18)15-4-6-17-5-3-14-8-17/h3,5,7-9,15H,4,6H2,1-2H3. The van der Waals surface area contributed by atoms with E-state index in [1.54, 1.807) is 18.7 Å². The van der Waals surface area contributed by atoms with E-state index in [2.05, 4.69) is 15.4 Å². The summed E-state index contributed by atoms with van der Waals surface area (Å²) in [5.41, 5.74) is 0.285. The van der Waals surface area contributed by atoms with Gasteiger partial charge in [-0.2, -0.15) is 5.10 Å². The highest BCUT2D eigenvalue weighted by atomic mass is 35.5. The Bertz CT molecular complexity index is 591. The summed E-state index contributed by atoms with van der Waals surface area (Å²) in [5.74, 6) is 0. The predicted octanol–water partition coefficient (Wildman–Crippen LogP) is 1.79. The van der Waals surface area contributed by atoms with Gasteiger partial charge in [0.15, 0.2) is 0 Å². The minimum atomic E-state index is -0.274. The van der Waals surface area contributed by atoms with E-state index < -0.39 is 0 Å². The van der Waals surface area contributed by atoms with Crippen molar-refractivity contribution >= 4 is 17.3 Å². The van der Waals surface area contributed by atoms with E-state index >= 15 is 0 Å². The highest BCUT2D eigenvalue weighted by Gasteiger charge is 2.10. The van der Waals surface area contributed by atoms with Crippen LogP contribution in [0.2, 0.25) is 5.02 Å². The average Bonchev–Trinajstić information content (AvgIpc) is 2.87. The maximum absolute atomic E-state index is 11.9. The first-order valence-electron chi connectivity index (χ1n) is 6.06. The van der Waals surface area contributed by atoms with Gasteiger partial charge in [-0.05, 0) is 13.8 Å². The SMILES string of the molecule is CC(C)n1ncc(NCCn2ccnc2)c(Cl)c1=O. The van der Waals surface area contributed by atoms with Crippen molar-refractivity contribution in [2.75, 3.05) is 11.9 Å². The average molecular weight is 282 g/mol. The van der Waals surface area contributed by atoms with Crippen LogP contribution in [0.1, 0.15) is 19.9 Å². The molecule has 0 unspecified atom stereocenters. The molecule has 2 rings (SSSR count). The number of imidazole rings is 1. The highest BCUT2D eigenvalue weighted by Crippen LogP contribution is 2.15. The van der Waals surface area contributed by atoms with E-state index in [0.29, 0.717) is 12.2 Å². The number of rotatable bonds is 5. The lowest BCUT2D eigenvalue weighted by Crippen LogP contribution is -2.26. The molecular formula is C12H16ClN5O. The highest BCUT2D eigenvalue weighted by molar-refractivity contribution is 6.32. The molecular weight excluding hydrogens is 266 g/mol. The molecule has 1 N–H and O–H groups in total. The van der Waals surface area contributed by atoms with Gasteiger partial charge in [0.2, 0.25) is 0 Å². The fraction of sp³-hybridized carbons (Fsp3) is 0.417. The molecule has 6 nitrogen and oxygen atoms in total. The Hall–Kier alpha value is -1.82. The Balaban J connectivity index is 2.05. The van der Waals surface area contributed by atoms with Crippen LogP contribution in [0, 0.1) is 0 Å². The predicted molar refractivity (Wildman–Crippen MR) is 74.6 cm³/mol. The fourth-order valence-corrected chi connectivity index (χ4v) is 1.88. The van der Waals surface area contributed by atoms with Crippen LogP contribution in [0.5, 0.6) is 0 Å². The molecule has 19 heavy (non-hydrogen) atoms. The van der Waals surface area contributed by atoms with Gasteiger partial charge in [-0.3, -0.25) is 4.79 Å². The van der Waals surface area contributed by atoms with Crippen LogP contribution in [0.4, 0.5) is 5.69 Å². The minimum Gasteiger partial charge on any atom is -0.381 e. The normalized spacial score (nSPS) is 10.9. The lowest BCUT2D eigenvalue weighted by Gasteiger charge is -2.12. The number of hydrogen-bond donors (Lipinski definition) is 1. The van der Waals surface area contributed by atoms with Crippen molar-refractivity contribution < 1.29 is 0 Å². The first kappa shape index (κ1) is 13.6.